The van der Waals surface area contributed by atoms with Gasteiger partial charge in [0.25, 0.3) is 5.91 Å². The Labute approximate surface area is 145 Å². The number of aryl methyl sites for hydroxylation is 2. The third kappa shape index (κ3) is 5.03. The van der Waals surface area contributed by atoms with Gasteiger partial charge in [-0.15, -0.1) is 0 Å². The lowest BCUT2D eigenvalue weighted by Crippen LogP contribution is -2.18. The highest BCUT2D eigenvalue weighted by atomic mass is 79.9. The van der Waals surface area contributed by atoms with Crippen LogP contribution in [0.5, 0.6) is 0 Å². The van der Waals surface area contributed by atoms with Crippen LogP contribution in [0.2, 0.25) is 0 Å². The minimum absolute atomic E-state index is 0.242. The van der Waals surface area contributed by atoms with Crippen LogP contribution in [-0.4, -0.2) is 22.4 Å². The summed E-state index contributed by atoms with van der Waals surface area (Å²) in [7, 11) is 0. The van der Waals surface area contributed by atoms with Crippen LogP contribution in [-0.2, 0) is 0 Å². The van der Waals surface area contributed by atoms with E-state index in [2.05, 4.69) is 50.4 Å². The van der Waals surface area contributed by atoms with Crippen molar-refractivity contribution in [3.05, 3.63) is 45.7 Å². The van der Waals surface area contributed by atoms with Crippen molar-refractivity contribution in [2.75, 3.05) is 17.2 Å². The molecule has 0 aliphatic heterocycles. The molecule has 0 aliphatic carbocycles. The molecule has 5 nitrogen and oxygen atoms in total. The average Bonchev–Trinajstić information content (AvgIpc) is 2.47. The Morgan fingerprint density at radius 1 is 1.22 bits per heavy atom. The number of hydrogen-bond acceptors (Lipinski definition) is 4. The topological polar surface area (TPSA) is 66.9 Å². The van der Waals surface area contributed by atoms with Crippen molar-refractivity contribution in [2.24, 2.45) is 5.92 Å². The van der Waals surface area contributed by atoms with Gasteiger partial charge in [0.05, 0.1) is 0 Å². The van der Waals surface area contributed by atoms with Crippen molar-refractivity contribution < 1.29 is 4.79 Å². The Morgan fingerprint density at radius 3 is 2.61 bits per heavy atom. The number of rotatable bonds is 5. The average molecular weight is 377 g/mol. The molecular formula is C17H21BrN4O. The zero-order chi connectivity index (χ0) is 17.0. The maximum atomic E-state index is 12.5. The fourth-order valence-electron chi connectivity index (χ4n) is 2.01. The Balaban J connectivity index is 2.18. The van der Waals surface area contributed by atoms with E-state index in [1.54, 1.807) is 6.07 Å². The summed E-state index contributed by atoms with van der Waals surface area (Å²) in [4.78, 5) is 21.1. The number of amides is 1. The lowest BCUT2D eigenvalue weighted by Gasteiger charge is -2.11. The maximum Gasteiger partial charge on any atom is 0.274 e. The van der Waals surface area contributed by atoms with Crippen LogP contribution >= 0.6 is 15.9 Å². The van der Waals surface area contributed by atoms with E-state index in [4.69, 9.17) is 0 Å². The van der Waals surface area contributed by atoms with Gasteiger partial charge in [0, 0.05) is 22.4 Å². The largest absolute Gasteiger partial charge is 0.354 e. The third-order valence-corrected chi connectivity index (χ3v) is 3.69. The summed E-state index contributed by atoms with van der Waals surface area (Å²) in [6, 6.07) is 7.40. The van der Waals surface area contributed by atoms with E-state index in [1.165, 1.54) is 0 Å². The van der Waals surface area contributed by atoms with E-state index in [1.807, 2.05) is 32.0 Å². The number of carbonyl (C=O) groups is 1. The van der Waals surface area contributed by atoms with Gasteiger partial charge in [0.2, 0.25) is 5.95 Å². The molecule has 0 aliphatic rings. The normalized spacial score (nSPS) is 10.7. The molecular weight excluding hydrogens is 356 g/mol. The first kappa shape index (κ1) is 17.4. The molecule has 0 fully saturated rings. The quantitative estimate of drug-likeness (QED) is 0.821. The molecule has 2 rings (SSSR count). The molecule has 1 aromatic carbocycles. The number of carbonyl (C=O) groups excluding carboxylic acids is 1. The second-order valence-electron chi connectivity index (χ2n) is 5.91. The van der Waals surface area contributed by atoms with Gasteiger partial charge < -0.3 is 10.6 Å². The van der Waals surface area contributed by atoms with E-state index in [9.17, 15) is 4.79 Å². The number of aromatic nitrogens is 2. The molecule has 0 unspecified atom stereocenters. The summed E-state index contributed by atoms with van der Waals surface area (Å²) in [5, 5.41) is 6.05. The van der Waals surface area contributed by atoms with Crippen molar-refractivity contribution in [1.29, 1.82) is 0 Å². The van der Waals surface area contributed by atoms with Gasteiger partial charge >= 0.3 is 0 Å². The highest BCUT2D eigenvalue weighted by Crippen LogP contribution is 2.20. The predicted molar refractivity (Wildman–Crippen MR) is 96.9 cm³/mol. The fraction of sp³-hybridized carbons (Fsp3) is 0.353. The van der Waals surface area contributed by atoms with Crippen LogP contribution in [0.4, 0.5) is 11.6 Å². The Bertz CT molecular complexity index is 716. The minimum atomic E-state index is -0.242. The van der Waals surface area contributed by atoms with Gasteiger partial charge in [0.15, 0.2) is 0 Å². The van der Waals surface area contributed by atoms with Gasteiger partial charge in [-0.05, 0) is 49.6 Å². The fourth-order valence-corrected chi connectivity index (χ4v) is 2.49. The molecule has 1 aromatic heterocycles. The molecule has 1 amide bonds. The van der Waals surface area contributed by atoms with Gasteiger partial charge in [0.1, 0.15) is 5.69 Å². The number of nitrogens with one attached hydrogen (secondary N) is 2. The second-order valence-corrected chi connectivity index (χ2v) is 6.82. The highest BCUT2D eigenvalue weighted by molar-refractivity contribution is 9.10. The Morgan fingerprint density at radius 2 is 1.96 bits per heavy atom. The second kappa shape index (κ2) is 7.55. The predicted octanol–water partition coefficient (Wildman–Crippen LogP) is 4.18. The molecule has 0 saturated heterocycles. The highest BCUT2D eigenvalue weighted by Gasteiger charge is 2.12. The van der Waals surface area contributed by atoms with Crippen LogP contribution in [0, 0.1) is 19.8 Å². The molecule has 2 aromatic rings. The molecule has 0 atom stereocenters. The van der Waals surface area contributed by atoms with Gasteiger partial charge in [-0.2, -0.15) is 0 Å². The minimum Gasteiger partial charge on any atom is -0.354 e. The monoisotopic (exact) mass is 376 g/mol. The van der Waals surface area contributed by atoms with Crippen LogP contribution in [0.25, 0.3) is 0 Å². The van der Waals surface area contributed by atoms with Gasteiger partial charge in [-0.25, -0.2) is 9.97 Å². The van der Waals surface area contributed by atoms with E-state index in [-0.39, 0.29) is 5.91 Å². The summed E-state index contributed by atoms with van der Waals surface area (Å²) < 4.78 is 0.978. The van der Waals surface area contributed by atoms with Crippen molar-refractivity contribution in [3.8, 4) is 0 Å². The summed E-state index contributed by atoms with van der Waals surface area (Å²) >= 11 is 3.41. The first-order valence-corrected chi connectivity index (χ1v) is 8.31. The Hall–Kier alpha value is -1.95. The summed E-state index contributed by atoms with van der Waals surface area (Å²) in [5.74, 6) is 0.715. The molecule has 2 N–H and O–H groups in total. The van der Waals surface area contributed by atoms with Gasteiger partial charge in [-0.3, -0.25) is 4.79 Å². The van der Waals surface area contributed by atoms with Crippen LogP contribution in [0.3, 0.4) is 0 Å². The summed E-state index contributed by atoms with van der Waals surface area (Å²) in [6.07, 6.45) is 0. The Kier molecular flexibility index (Phi) is 5.71. The van der Waals surface area contributed by atoms with E-state index < -0.39 is 0 Å². The SMILES string of the molecule is Cc1cc(C(=O)Nc2ccc(Br)cc2C)nc(NCC(C)C)n1. The third-order valence-electron chi connectivity index (χ3n) is 3.19. The molecule has 0 radical (unpaired) electrons. The van der Waals surface area contributed by atoms with Crippen LogP contribution in [0.1, 0.15) is 35.6 Å². The molecule has 0 spiro atoms. The van der Waals surface area contributed by atoms with Crippen molar-refractivity contribution in [1.82, 2.24) is 9.97 Å². The smallest absolute Gasteiger partial charge is 0.274 e. The lowest BCUT2D eigenvalue weighted by atomic mass is 10.2. The lowest BCUT2D eigenvalue weighted by molar-refractivity contribution is 0.102. The molecule has 0 saturated carbocycles. The number of nitrogens with zero attached hydrogens (tertiary/aromatic N) is 2. The zero-order valence-electron chi connectivity index (χ0n) is 13.8. The summed E-state index contributed by atoms with van der Waals surface area (Å²) in [5.41, 5.74) is 2.86. The van der Waals surface area contributed by atoms with E-state index >= 15 is 0 Å². The standard InChI is InChI=1S/C17H21BrN4O/c1-10(2)9-19-17-20-12(4)8-15(22-17)16(23)21-14-6-5-13(18)7-11(14)3/h5-8,10H,9H2,1-4H3,(H,21,23)(H,19,20,22). The zero-order valence-corrected chi connectivity index (χ0v) is 15.4. The maximum absolute atomic E-state index is 12.5. The number of hydrogen-bond donors (Lipinski definition) is 2. The summed E-state index contributed by atoms with van der Waals surface area (Å²) in [6.45, 7) is 8.76. The van der Waals surface area contributed by atoms with Crippen molar-refractivity contribution in [3.63, 3.8) is 0 Å². The molecule has 122 valence electrons. The van der Waals surface area contributed by atoms with Crippen molar-refractivity contribution in [2.45, 2.75) is 27.7 Å². The van der Waals surface area contributed by atoms with Crippen molar-refractivity contribution >= 4 is 33.5 Å². The number of benzene rings is 1. The van der Waals surface area contributed by atoms with E-state index in [0.29, 0.717) is 17.6 Å². The molecule has 6 heteroatoms. The first-order chi connectivity index (χ1) is 10.8. The van der Waals surface area contributed by atoms with Crippen LogP contribution in [0.15, 0.2) is 28.7 Å². The van der Waals surface area contributed by atoms with E-state index in [0.717, 1.165) is 28.0 Å². The number of halogens is 1. The first-order valence-electron chi connectivity index (χ1n) is 7.52. The van der Waals surface area contributed by atoms with Crippen LogP contribution < -0.4 is 10.6 Å². The molecule has 0 bridgehead atoms. The number of anilines is 2. The molecule has 23 heavy (non-hydrogen) atoms. The molecule has 1 heterocycles. The van der Waals surface area contributed by atoms with Gasteiger partial charge in [-0.1, -0.05) is 29.8 Å².